The molecule has 98 valence electrons. The number of pyridine rings is 1. The van der Waals surface area contributed by atoms with E-state index in [2.05, 4.69) is 54.7 Å². The van der Waals surface area contributed by atoms with Crippen molar-refractivity contribution in [2.45, 2.75) is 25.7 Å². The summed E-state index contributed by atoms with van der Waals surface area (Å²) in [4.78, 5) is 4.87. The molecule has 0 aliphatic carbocycles. The number of benzene rings is 1. The molecule has 0 saturated carbocycles. The Bertz CT molecular complexity index is 557. The molecule has 2 heterocycles. The highest BCUT2D eigenvalue weighted by atomic mass is 14.9. The third-order valence-corrected chi connectivity index (χ3v) is 3.80. The fraction of sp³-hybridized carbons (Fsp3) is 0.353. The topological polar surface area (TPSA) is 24.9 Å². The van der Waals surface area contributed by atoms with E-state index in [1.54, 1.807) is 0 Å². The molecule has 1 aliphatic heterocycles. The molecule has 19 heavy (non-hydrogen) atoms. The van der Waals surface area contributed by atoms with Crippen LogP contribution in [-0.4, -0.2) is 18.1 Å². The van der Waals surface area contributed by atoms with E-state index in [-0.39, 0.29) is 0 Å². The van der Waals surface area contributed by atoms with E-state index in [0.717, 1.165) is 18.8 Å². The van der Waals surface area contributed by atoms with E-state index >= 15 is 0 Å². The first kappa shape index (κ1) is 12.4. The van der Waals surface area contributed by atoms with E-state index in [1.165, 1.54) is 29.7 Å². The van der Waals surface area contributed by atoms with Gasteiger partial charge in [0.2, 0.25) is 0 Å². The fourth-order valence-electron chi connectivity index (χ4n) is 2.75. The van der Waals surface area contributed by atoms with Crippen LogP contribution in [0.25, 0.3) is 11.3 Å². The maximum atomic E-state index is 4.87. The molecule has 1 aliphatic rings. The van der Waals surface area contributed by atoms with Crippen molar-refractivity contribution < 1.29 is 0 Å². The summed E-state index contributed by atoms with van der Waals surface area (Å²) >= 11 is 0. The molecule has 0 unspecified atom stereocenters. The molecule has 1 aromatic heterocycles. The van der Waals surface area contributed by atoms with Gasteiger partial charge >= 0.3 is 0 Å². The summed E-state index contributed by atoms with van der Waals surface area (Å²) in [5.41, 5.74) is 4.81. The van der Waals surface area contributed by atoms with Crippen molar-refractivity contribution in [3.8, 4) is 11.3 Å². The second-order valence-electron chi connectivity index (χ2n) is 5.36. The van der Waals surface area contributed by atoms with Crippen LogP contribution in [0.1, 0.15) is 30.0 Å². The first-order chi connectivity index (χ1) is 9.33. The largest absolute Gasteiger partial charge is 0.316 e. The van der Waals surface area contributed by atoms with Crippen LogP contribution in [0.4, 0.5) is 0 Å². The standard InChI is InChI=1S/C17H20N2/c1-13-5-2-6-14(11-13)16-8-3-9-17(19-16)15-7-4-10-18-12-15/h2-3,5-6,8-9,11,15,18H,4,7,10,12H2,1H3/t15-/m1/s1. The molecule has 1 atom stereocenters. The third-order valence-electron chi connectivity index (χ3n) is 3.80. The molecule has 1 aromatic carbocycles. The van der Waals surface area contributed by atoms with Gasteiger partial charge in [0.1, 0.15) is 0 Å². The summed E-state index contributed by atoms with van der Waals surface area (Å²) in [6.07, 6.45) is 2.50. The van der Waals surface area contributed by atoms with Gasteiger partial charge in [0.15, 0.2) is 0 Å². The molecule has 2 aromatic rings. The summed E-state index contributed by atoms with van der Waals surface area (Å²) in [6.45, 7) is 4.33. The molecular weight excluding hydrogens is 232 g/mol. The Morgan fingerprint density at radius 1 is 1.16 bits per heavy atom. The molecule has 0 bridgehead atoms. The van der Waals surface area contributed by atoms with Crippen LogP contribution in [0, 0.1) is 6.92 Å². The molecule has 0 amide bonds. The van der Waals surface area contributed by atoms with E-state index in [0.29, 0.717) is 5.92 Å². The minimum atomic E-state index is 0.568. The lowest BCUT2D eigenvalue weighted by molar-refractivity contribution is 0.455. The van der Waals surface area contributed by atoms with Crippen LogP contribution in [0.3, 0.4) is 0 Å². The van der Waals surface area contributed by atoms with Crippen molar-refractivity contribution in [3.63, 3.8) is 0 Å². The lowest BCUT2D eigenvalue weighted by Gasteiger charge is -2.22. The molecule has 0 spiro atoms. The fourth-order valence-corrected chi connectivity index (χ4v) is 2.75. The number of nitrogens with zero attached hydrogens (tertiary/aromatic N) is 1. The monoisotopic (exact) mass is 252 g/mol. The average Bonchev–Trinajstić information content (AvgIpc) is 2.48. The Labute approximate surface area is 114 Å². The van der Waals surface area contributed by atoms with Crippen molar-refractivity contribution >= 4 is 0 Å². The van der Waals surface area contributed by atoms with E-state index in [9.17, 15) is 0 Å². The van der Waals surface area contributed by atoms with Crippen molar-refractivity contribution in [1.29, 1.82) is 0 Å². The third kappa shape index (κ3) is 2.85. The predicted octanol–water partition coefficient (Wildman–Crippen LogP) is 3.52. The van der Waals surface area contributed by atoms with Gasteiger partial charge in [0.05, 0.1) is 5.69 Å². The van der Waals surface area contributed by atoms with Gasteiger partial charge in [-0.2, -0.15) is 0 Å². The first-order valence-corrected chi connectivity index (χ1v) is 7.07. The Morgan fingerprint density at radius 2 is 2.05 bits per heavy atom. The number of hydrogen-bond donors (Lipinski definition) is 1. The van der Waals surface area contributed by atoms with Crippen LogP contribution in [0.15, 0.2) is 42.5 Å². The molecule has 2 heteroatoms. The number of nitrogens with one attached hydrogen (secondary N) is 1. The minimum absolute atomic E-state index is 0.568. The highest BCUT2D eigenvalue weighted by Crippen LogP contribution is 2.25. The lowest BCUT2D eigenvalue weighted by atomic mass is 9.95. The Kier molecular flexibility index (Phi) is 3.60. The Balaban J connectivity index is 1.91. The quantitative estimate of drug-likeness (QED) is 0.884. The zero-order chi connectivity index (χ0) is 13.1. The van der Waals surface area contributed by atoms with E-state index in [4.69, 9.17) is 4.98 Å². The Hall–Kier alpha value is -1.67. The molecule has 3 rings (SSSR count). The lowest BCUT2D eigenvalue weighted by Crippen LogP contribution is -2.28. The zero-order valence-corrected chi connectivity index (χ0v) is 11.4. The van der Waals surface area contributed by atoms with Gasteiger partial charge in [-0.05, 0) is 44.5 Å². The maximum Gasteiger partial charge on any atom is 0.0705 e. The number of piperidine rings is 1. The second-order valence-corrected chi connectivity index (χ2v) is 5.36. The van der Waals surface area contributed by atoms with E-state index < -0.39 is 0 Å². The van der Waals surface area contributed by atoms with Gasteiger partial charge in [0.25, 0.3) is 0 Å². The van der Waals surface area contributed by atoms with Crippen LogP contribution in [-0.2, 0) is 0 Å². The maximum absolute atomic E-state index is 4.87. The first-order valence-electron chi connectivity index (χ1n) is 7.07. The van der Waals surface area contributed by atoms with Gasteiger partial charge < -0.3 is 5.32 Å². The van der Waals surface area contributed by atoms with Crippen LogP contribution >= 0.6 is 0 Å². The molecule has 0 radical (unpaired) electrons. The van der Waals surface area contributed by atoms with Gasteiger partial charge in [0, 0.05) is 23.7 Å². The van der Waals surface area contributed by atoms with Crippen molar-refractivity contribution in [1.82, 2.24) is 10.3 Å². The smallest absolute Gasteiger partial charge is 0.0705 e. The summed E-state index contributed by atoms with van der Waals surface area (Å²) in [5, 5.41) is 3.46. The van der Waals surface area contributed by atoms with Crippen LogP contribution in [0.2, 0.25) is 0 Å². The summed E-state index contributed by atoms with van der Waals surface area (Å²) in [7, 11) is 0. The molecule has 1 fully saturated rings. The molecule has 2 nitrogen and oxygen atoms in total. The molecule has 1 saturated heterocycles. The van der Waals surface area contributed by atoms with Crippen molar-refractivity contribution in [2.75, 3.05) is 13.1 Å². The number of aryl methyl sites for hydroxylation is 1. The number of hydrogen-bond acceptors (Lipinski definition) is 2. The highest BCUT2D eigenvalue weighted by molar-refractivity contribution is 5.60. The SMILES string of the molecule is Cc1cccc(-c2cccc([C@@H]3CCCNC3)n2)c1. The van der Waals surface area contributed by atoms with Crippen molar-refractivity contribution in [3.05, 3.63) is 53.7 Å². The van der Waals surface area contributed by atoms with Crippen LogP contribution < -0.4 is 5.32 Å². The normalized spacial score (nSPS) is 19.3. The number of aromatic nitrogens is 1. The average molecular weight is 252 g/mol. The van der Waals surface area contributed by atoms with Crippen molar-refractivity contribution in [2.24, 2.45) is 0 Å². The minimum Gasteiger partial charge on any atom is -0.316 e. The van der Waals surface area contributed by atoms with Gasteiger partial charge in [-0.25, -0.2) is 0 Å². The Morgan fingerprint density at radius 3 is 2.84 bits per heavy atom. The van der Waals surface area contributed by atoms with Crippen LogP contribution in [0.5, 0.6) is 0 Å². The molecular formula is C17H20N2. The van der Waals surface area contributed by atoms with Gasteiger partial charge in [-0.3, -0.25) is 4.98 Å². The zero-order valence-electron chi connectivity index (χ0n) is 11.4. The molecule has 1 N–H and O–H groups in total. The van der Waals surface area contributed by atoms with E-state index in [1.807, 2.05) is 0 Å². The summed E-state index contributed by atoms with van der Waals surface area (Å²) < 4.78 is 0. The van der Waals surface area contributed by atoms with Gasteiger partial charge in [-0.15, -0.1) is 0 Å². The highest BCUT2D eigenvalue weighted by Gasteiger charge is 2.16. The number of rotatable bonds is 2. The second kappa shape index (κ2) is 5.54. The predicted molar refractivity (Wildman–Crippen MR) is 79.3 cm³/mol. The van der Waals surface area contributed by atoms with Gasteiger partial charge in [-0.1, -0.05) is 29.8 Å². The summed E-state index contributed by atoms with van der Waals surface area (Å²) in [5.74, 6) is 0.568. The summed E-state index contributed by atoms with van der Waals surface area (Å²) in [6, 6.07) is 15.0.